The fraction of sp³-hybridized carbons (Fsp3) is 0.308. The number of Topliss-reactive ketones (excluding diaryl/α,β-unsaturated/α-hetero) is 1. The number of ether oxygens (including phenoxy) is 2. The highest BCUT2D eigenvalue weighted by Gasteiger charge is 2.38. The highest BCUT2D eigenvalue weighted by atomic mass is 16.6. The molecule has 1 saturated heterocycles. The summed E-state index contributed by atoms with van der Waals surface area (Å²) in [4.78, 5) is 54.9. The minimum atomic E-state index is -0.966. The number of rotatable bonds is 7. The van der Waals surface area contributed by atoms with Gasteiger partial charge in [0, 0.05) is 29.9 Å². The Labute approximate surface area is 202 Å². The molecule has 2 atom stereocenters. The van der Waals surface area contributed by atoms with Gasteiger partial charge in [0.25, 0.3) is 0 Å². The number of aromatic nitrogens is 1. The van der Waals surface area contributed by atoms with E-state index in [9.17, 15) is 19.2 Å². The zero-order valence-electron chi connectivity index (χ0n) is 19.4. The molecule has 3 aromatic rings. The number of hydrogen-bond donors (Lipinski definition) is 2. The van der Waals surface area contributed by atoms with Gasteiger partial charge < -0.3 is 19.8 Å². The molecular weight excluding hydrogens is 450 g/mol. The van der Waals surface area contributed by atoms with Crippen molar-refractivity contribution in [3.8, 4) is 0 Å². The zero-order chi connectivity index (χ0) is 24.8. The highest BCUT2D eigenvalue weighted by Crippen LogP contribution is 2.21. The number of likely N-dealkylation sites (tertiary alicyclic amines) is 1. The molecular formula is C26H27N3O6. The molecule has 182 valence electrons. The lowest BCUT2D eigenvalue weighted by Crippen LogP contribution is -2.57. The first-order valence-electron chi connectivity index (χ1n) is 11.4. The molecule has 1 aromatic heterocycles. The topological polar surface area (TPSA) is 118 Å². The molecule has 1 unspecified atom stereocenters. The Kier molecular flexibility index (Phi) is 7.45. The molecule has 1 aliphatic heterocycles. The van der Waals surface area contributed by atoms with E-state index < -0.39 is 30.1 Å². The Balaban J connectivity index is 1.47. The maximum Gasteiger partial charge on any atom is 0.411 e. The van der Waals surface area contributed by atoms with E-state index in [0.717, 1.165) is 26.9 Å². The average Bonchev–Trinajstić information content (AvgIpc) is 3.29. The number of H-pyrrole nitrogens is 1. The predicted molar refractivity (Wildman–Crippen MR) is 127 cm³/mol. The molecule has 0 saturated carbocycles. The number of carbonyl (C=O) groups excluding carboxylic acids is 4. The van der Waals surface area contributed by atoms with E-state index in [-0.39, 0.29) is 38.2 Å². The summed E-state index contributed by atoms with van der Waals surface area (Å²) in [5.74, 6) is -1.30. The Morgan fingerprint density at radius 3 is 2.63 bits per heavy atom. The molecule has 9 nitrogen and oxygen atoms in total. The van der Waals surface area contributed by atoms with Gasteiger partial charge in [-0.1, -0.05) is 48.5 Å². The van der Waals surface area contributed by atoms with Crippen molar-refractivity contribution in [2.45, 2.75) is 38.0 Å². The second-order valence-corrected chi connectivity index (χ2v) is 8.41. The third-order valence-electron chi connectivity index (χ3n) is 6.06. The number of nitrogens with zero attached hydrogens (tertiary/aromatic N) is 1. The summed E-state index contributed by atoms with van der Waals surface area (Å²) in [7, 11) is 1.25. The van der Waals surface area contributed by atoms with Crippen LogP contribution in [0.4, 0.5) is 4.79 Å². The van der Waals surface area contributed by atoms with Crippen LogP contribution in [-0.2, 0) is 36.9 Å². The summed E-state index contributed by atoms with van der Waals surface area (Å²) in [5, 5.41) is 3.66. The third kappa shape index (κ3) is 5.68. The number of benzene rings is 2. The molecule has 2 amide bonds. The van der Waals surface area contributed by atoms with Gasteiger partial charge in [0.2, 0.25) is 5.91 Å². The lowest BCUT2D eigenvalue weighted by molar-refractivity contribution is -0.146. The van der Waals surface area contributed by atoms with Crippen LogP contribution in [0.15, 0.2) is 60.8 Å². The van der Waals surface area contributed by atoms with E-state index in [0.29, 0.717) is 0 Å². The summed E-state index contributed by atoms with van der Waals surface area (Å²) in [6, 6.07) is 14.9. The van der Waals surface area contributed by atoms with Crippen LogP contribution in [0.25, 0.3) is 10.9 Å². The first-order chi connectivity index (χ1) is 17.0. The van der Waals surface area contributed by atoms with Crippen molar-refractivity contribution in [2.75, 3.05) is 13.7 Å². The number of methoxy groups -OCH3 is 1. The van der Waals surface area contributed by atoms with Crippen LogP contribution >= 0.6 is 0 Å². The van der Waals surface area contributed by atoms with E-state index >= 15 is 0 Å². The van der Waals surface area contributed by atoms with Gasteiger partial charge >= 0.3 is 12.1 Å². The predicted octanol–water partition coefficient (Wildman–Crippen LogP) is 2.74. The number of para-hydroxylation sites is 1. The average molecular weight is 478 g/mol. The van der Waals surface area contributed by atoms with E-state index in [1.165, 1.54) is 7.11 Å². The molecule has 0 bridgehead atoms. The van der Waals surface area contributed by atoms with Crippen LogP contribution in [0.1, 0.15) is 24.0 Å². The van der Waals surface area contributed by atoms with Gasteiger partial charge in [-0.2, -0.15) is 0 Å². The van der Waals surface area contributed by atoms with E-state index in [1.54, 1.807) is 6.20 Å². The number of aromatic amines is 1. The third-order valence-corrected chi connectivity index (χ3v) is 6.06. The van der Waals surface area contributed by atoms with Gasteiger partial charge in [-0.25, -0.2) is 9.59 Å². The van der Waals surface area contributed by atoms with Crippen molar-refractivity contribution >= 4 is 34.7 Å². The Bertz CT molecular complexity index is 1220. The number of piperidine rings is 1. The van der Waals surface area contributed by atoms with Gasteiger partial charge in [-0.3, -0.25) is 14.5 Å². The number of fused-ring (bicyclic) bond motifs is 1. The molecule has 4 rings (SSSR count). The second-order valence-electron chi connectivity index (χ2n) is 8.41. The first kappa shape index (κ1) is 24.0. The standard InChI is InChI=1S/C26H27N3O6/c1-34-25(32)22(13-18-14-27-21-10-6-5-9-20(18)21)28-24(31)23-12-11-19(30)15-29(23)26(33)35-16-17-7-3-2-4-8-17/h2-10,14,22-23,27H,11-13,15-16H2,1H3,(H,28,31)/t22-,23?/m1/s1. The lowest BCUT2D eigenvalue weighted by Gasteiger charge is -2.33. The van der Waals surface area contributed by atoms with Crippen molar-refractivity contribution < 1.29 is 28.7 Å². The number of hydrogen-bond acceptors (Lipinski definition) is 6. The molecule has 0 spiro atoms. The number of esters is 1. The molecule has 2 aromatic carbocycles. The fourth-order valence-electron chi connectivity index (χ4n) is 4.22. The van der Waals surface area contributed by atoms with Gasteiger partial charge in [0.15, 0.2) is 5.78 Å². The van der Waals surface area contributed by atoms with Crippen molar-refractivity contribution in [1.82, 2.24) is 15.2 Å². The van der Waals surface area contributed by atoms with E-state index in [2.05, 4.69) is 10.3 Å². The van der Waals surface area contributed by atoms with Crippen LogP contribution in [0.2, 0.25) is 0 Å². The molecule has 35 heavy (non-hydrogen) atoms. The van der Waals surface area contributed by atoms with Crippen LogP contribution in [-0.4, -0.2) is 59.4 Å². The minimum absolute atomic E-state index is 0.0179. The summed E-state index contributed by atoms with van der Waals surface area (Å²) in [6.45, 7) is -0.207. The second kappa shape index (κ2) is 10.9. The number of amides is 2. The number of carbonyl (C=O) groups is 4. The Morgan fingerprint density at radius 1 is 1.11 bits per heavy atom. The molecule has 0 radical (unpaired) electrons. The molecule has 9 heteroatoms. The summed E-state index contributed by atoms with van der Waals surface area (Å²) >= 11 is 0. The molecule has 1 aliphatic rings. The molecule has 2 N–H and O–H groups in total. The normalized spacial score (nSPS) is 16.5. The number of ketones is 1. The van der Waals surface area contributed by atoms with Gasteiger partial charge in [0.05, 0.1) is 13.7 Å². The van der Waals surface area contributed by atoms with Crippen molar-refractivity contribution in [2.24, 2.45) is 0 Å². The van der Waals surface area contributed by atoms with Gasteiger partial charge in [-0.05, 0) is 23.6 Å². The quantitative estimate of drug-likeness (QED) is 0.506. The zero-order valence-corrected chi connectivity index (χ0v) is 19.4. The minimum Gasteiger partial charge on any atom is -0.467 e. The van der Waals surface area contributed by atoms with E-state index in [1.807, 2.05) is 54.6 Å². The van der Waals surface area contributed by atoms with Gasteiger partial charge in [-0.15, -0.1) is 0 Å². The first-order valence-corrected chi connectivity index (χ1v) is 11.4. The SMILES string of the molecule is COC(=O)[C@@H](Cc1c[nH]c2ccccc12)NC(=O)C1CCC(=O)CN1C(=O)OCc1ccccc1. The van der Waals surface area contributed by atoms with Gasteiger partial charge in [0.1, 0.15) is 18.7 Å². The summed E-state index contributed by atoms with van der Waals surface area (Å²) in [6.07, 6.45) is 1.54. The van der Waals surface area contributed by atoms with Crippen LogP contribution in [0.5, 0.6) is 0 Å². The highest BCUT2D eigenvalue weighted by molar-refractivity contribution is 5.94. The monoisotopic (exact) mass is 477 g/mol. The fourth-order valence-corrected chi connectivity index (χ4v) is 4.22. The van der Waals surface area contributed by atoms with Crippen molar-refractivity contribution in [3.63, 3.8) is 0 Å². The maximum absolute atomic E-state index is 13.2. The molecule has 0 aliphatic carbocycles. The summed E-state index contributed by atoms with van der Waals surface area (Å²) in [5.41, 5.74) is 2.54. The Morgan fingerprint density at radius 2 is 1.86 bits per heavy atom. The Hall–Kier alpha value is -4.14. The van der Waals surface area contributed by atoms with Crippen LogP contribution < -0.4 is 5.32 Å². The maximum atomic E-state index is 13.2. The largest absolute Gasteiger partial charge is 0.467 e. The van der Waals surface area contributed by atoms with Crippen molar-refractivity contribution in [3.05, 3.63) is 71.9 Å². The van der Waals surface area contributed by atoms with Crippen LogP contribution in [0.3, 0.4) is 0 Å². The number of nitrogens with one attached hydrogen (secondary N) is 2. The van der Waals surface area contributed by atoms with E-state index in [4.69, 9.17) is 9.47 Å². The van der Waals surface area contributed by atoms with Crippen LogP contribution in [0, 0.1) is 0 Å². The summed E-state index contributed by atoms with van der Waals surface area (Å²) < 4.78 is 10.3. The lowest BCUT2D eigenvalue weighted by atomic mass is 9.99. The molecule has 1 fully saturated rings. The molecule has 2 heterocycles. The van der Waals surface area contributed by atoms with Crippen molar-refractivity contribution in [1.29, 1.82) is 0 Å². The smallest absolute Gasteiger partial charge is 0.411 e.